The van der Waals surface area contributed by atoms with Crippen LogP contribution in [0.25, 0.3) is 0 Å². The van der Waals surface area contributed by atoms with Gasteiger partial charge in [0, 0.05) is 28.4 Å². The fraction of sp³-hybridized carbons (Fsp3) is 0.350. The molecule has 6 nitrogen and oxygen atoms in total. The number of Topliss-reactive ketones (excluding diaryl/α,β-unsaturated/α-hetero) is 1. The molecule has 0 saturated carbocycles. The Labute approximate surface area is 163 Å². The first-order chi connectivity index (χ1) is 12.7. The summed E-state index contributed by atoms with van der Waals surface area (Å²) >= 11 is 5.88. The van der Waals surface area contributed by atoms with Crippen LogP contribution in [0.3, 0.4) is 0 Å². The maximum Gasteiger partial charge on any atom is 0.354 e. The number of rotatable bonds is 6. The van der Waals surface area contributed by atoms with E-state index in [9.17, 15) is 14.4 Å². The molecule has 1 N–H and O–H groups in total. The Bertz CT molecular complexity index is 871. The van der Waals surface area contributed by atoms with Crippen molar-refractivity contribution in [3.8, 4) is 0 Å². The Morgan fingerprint density at radius 3 is 2.30 bits per heavy atom. The van der Waals surface area contributed by atoms with Crippen molar-refractivity contribution in [2.24, 2.45) is 0 Å². The van der Waals surface area contributed by atoms with Crippen LogP contribution in [0.1, 0.15) is 56.3 Å². The molecule has 1 amide bonds. The largest absolute Gasteiger partial charge is 0.464 e. The minimum Gasteiger partial charge on any atom is -0.464 e. The minimum atomic E-state index is -0.697. The van der Waals surface area contributed by atoms with E-state index in [-0.39, 0.29) is 17.4 Å². The SMILES string of the molecule is CCN(C(=O)c1ccc(Cl)cc1)[C@@H](C)C(=O)c1c(C)[nH]c(C(=O)OC)c1C. The number of hydrogen-bond donors (Lipinski definition) is 1. The molecule has 1 aromatic carbocycles. The molecule has 2 rings (SSSR count). The van der Waals surface area contributed by atoms with E-state index in [1.807, 2.05) is 6.92 Å². The number of H-pyrrole nitrogens is 1. The van der Waals surface area contributed by atoms with Gasteiger partial charge in [-0.3, -0.25) is 9.59 Å². The fourth-order valence-corrected chi connectivity index (χ4v) is 3.25. The lowest BCUT2D eigenvalue weighted by Crippen LogP contribution is -2.43. The Morgan fingerprint density at radius 2 is 1.78 bits per heavy atom. The van der Waals surface area contributed by atoms with Crippen LogP contribution < -0.4 is 0 Å². The molecule has 1 aromatic heterocycles. The Kier molecular flexibility index (Phi) is 6.44. The number of hydrogen-bond acceptors (Lipinski definition) is 4. The number of halogens is 1. The van der Waals surface area contributed by atoms with Gasteiger partial charge in [-0.25, -0.2) is 4.79 Å². The summed E-state index contributed by atoms with van der Waals surface area (Å²) in [5.74, 6) is -1.03. The zero-order valence-electron chi connectivity index (χ0n) is 16.1. The molecule has 1 heterocycles. The Hall–Kier alpha value is -2.60. The van der Waals surface area contributed by atoms with E-state index in [1.165, 1.54) is 12.0 Å². The van der Waals surface area contributed by atoms with Crippen LogP contribution in [0.2, 0.25) is 5.02 Å². The molecular formula is C20H23ClN2O4. The van der Waals surface area contributed by atoms with Gasteiger partial charge in [-0.05, 0) is 57.5 Å². The van der Waals surface area contributed by atoms with Gasteiger partial charge in [0.15, 0.2) is 5.78 Å². The van der Waals surface area contributed by atoms with E-state index in [2.05, 4.69) is 4.98 Å². The standard InChI is InChI=1S/C20H23ClN2O4/c1-6-23(19(25)14-7-9-15(21)10-8-14)13(4)18(24)16-11(2)17(20(26)27-5)22-12(16)3/h7-10,13,22H,6H2,1-5H3/t13-/m0/s1. The van der Waals surface area contributed by atoms with Gasteiger partial charge < -0.3 is 14.6 Å². The fourth-order valence-electron chi connectivity index (χ4n) is 3.13. The van der Waals surface area contributed by atoms with E-state index in [1.54, 1.807) is 45.0 Å². The van der Waals surface area contributed by atoms with Gasteiger partial charge in [-0.2, -0.15) is 0 Å². The number of carbonyl (C=O) groups is 3. The first-order valence-corrected chi connectivity index (χ1v) is 8.98. The number of aromatic nitrogens is 1. The number of methoxy groups -OCH3 is 1. The van der Waals surface area contributed by atoms with Gasteiger partial charge in [-0.1, -0.05) is 11.6 Å². The zero-order chi connectivity index (χ0) is 20.3. The summed E-state index contributed by atoms with van der Waals surface area (Å²) in [5.41, 5.74) is 2.20. The maximum absolute atomic E-state index is 13.1. The first-order valence-electron chi connectivity index (χ1n) is 8.61. The average Bonchev–Trinajstić information content (AvgIpc) is 2.95. The summed E-state index contributed by atoms with van der Waals surface area (Å²) in [7, 11) is 1.28. The number of likely N-dealkylation sites (N-methyl/N-ethyl adjacent to an activating group) is 1. The van der Waals surface area contributed by atoms with E-state index < -0.39 is 12.0 Å². The van der Waals surface area contributed by atoms with E-state index in [4.69, 9.17) is 16.3 Å². The van der Waals surface area contributed by atoms with E-state index >= 15 is 0 Å². The number of benzene rings is 1. The summed E-state index contributed by atoms with van der Waals surface area (Å²) in [6.07, 6.45) is 0. The van der Waals surface area contributed by atoms with Gasteiger partial charge in [0.25, 0.3) is 5.91 Å². The molecule has 0 bridgehead atoms. The molecule has 0 fully saturated rings. The molecule has 7 heteroatoms. The third-order valence-electron chi connectivity index (χ3n) is 4.61. The number of aromatic amines is 1. The Balaban J connectivity index is 2.34. The zero-order valence-corrected chi connectivity index (χ0v) is 16.8. The number of carbonyl (C=O) groups excluding carboxylic acids is 3. The predicted octanol–water partition coefficient (Wildman–Crippen LogP) is 3.81. The Morgan fingerprint density at radius 1 is 1.19 bits per heavy atom. The lowest BCUT2D eigenvalue weighted by Gasteiger charge is -2.27. The third kappa shape index (κ3) is 4.06. The molecule has 0 aliphatic carbocycles. The normalized spacial score (nSPS) is 11.8. The quantitative estimate of drug-likeness (QED) is 0.601. The smallest absolute Gasteiger partial charge is 0.354 e. The molecule has 0 radical (unpaired) electrons. The highest BCUT2D eigenvalue weighted by Gasteiger charge is 2.30. The van der Waals surface area contributed by atoms with Crippen molar-refractivity contribution in [3.05, 3.63) is 57.4 Å². The maximum atomic E-state index is 13.1. The molecule has 0 spiro atoms. The number of aryl methyl sites for hydroxylation is 1. The molecule has 0 unspecified atom stereocenters. The summed E-state index contributed by atoms with van der Waals surface area (Å²) in [6, 6.07) is 5.84. The topological polar surface area (TPSA) is 79.5 Å². The second kappa shape index (κ2) is 8.39. The van der Waals surface area contributed by atoms with Crippen LogP contribution in [0.15, 0.2) is 24.3 Å². The van der Waals surface area contributed by atoms with Crippen molar-refractivity contribution >= 4 is 29.3 Å². The molecule has 27 heavy (non-hydrogen) atoms. The van der Waals surface area contributed by atoms with Gasteiger partial charge in [0.1, 0.15) is 5.69 Å². The number of esters is 1. The van der Waals surface area contributed by atoms with Crippen molar-refractivity contribution in [1.29, 1.82) is 0 Å². The molecule has 0 aliphatic heterocycles. The number of nitrogens with one attached hydrogen (secondary N) is 1. The van der Waals surface area contributed by atoms with E-state index in [0.717, 1.165) is 0 Å². The first kappa shape index (κ1) is 20.7. The summed E-state index contributed by atoms with van der Waals surface area (Å²) in [5, 5.41) is 0.535. The second-order valence-corrected chi connectivity index (χ2v) is 6.69. The summed E-state index contributed by atoms with van der Waals surface area (Å²) in [4.78, 5) is 42.2. The molecule has 2 aromatic rings. The van der Waals surface area contributed by atoms with Crippen LogP contribution in [0, 0.1) is 13.8 Å². The second-order valence-electron chi connectivity index (χ2n) is 6.25. The van der Waals surface area contributed by atoms with Gasteiger partial charge in [0.05, 0.1) is 13.2 Å². The summed E-state index contributed by atoms with van der Waals surface area (Å²) < 4.78 is 4.74. The van der Waals surface area contributed by atoms with Gasteiger partial charge in [0.2, 0.25) is 0 Å². The highest BCUT2D eigenvalue weighted by Crippen LogP contribution is 2.23. The third-order valence-corrected chi connectivity index (χ3v) is 4.87. The number of nitrogens with zero attached hydrogens (tertiary/aromatic N) is 1. The van der Waals surface area contributed by atoms with Crippen molar-refractivity contribution in [3.63, 3.8) is 0 Å². The lowest BCUT2D eigenvalue weighted by atomic mass is 9.99. The molecule has 0 saturated heterocycles. The monoisotopic (exact) mass is 390 g/mol. The van der Waals surface area contributed by atoms with Crippen molar-refractivity contribution < 1.29 is 19.1 Å². The van der Waals surface area contributed by atoms with Crippen LogP contribution in [-0.4, -0.2) is 47.2 Å². The van der Waals surface area contributed by atoms with Crippen LogP contribution in [-0.2, 0) is 4.74 Å². The molecular weight excluding hydrogens is 368 g/mol. The van der Waals surface area contributed by atoms with Crippen LogP contribution in [0.5, 0.6) is 0 Å². The predicted molar refractivity (Wildman–Crippen MR) is 104 cm³/mol. The molecule has 0 aliphatic rings. The van der Waals surface area contributed by atoms with Gasteiger partial charge >= 0.3 is 5.97 Å². The van der Waals surface area contributed by atoms with Gasteiger partial charge in [-0.15, -0.1) is 0 Å². The van der Waals surface area contributed by atoms with Crippen LogP contribution in [0.4, 0.5) is 0 Å². The minimum absolute atomic E-state index is 0.236. The number of ether oxygens (including phenoxy) is 1. The van der Waals surface area contributed by atoms with E-state index in [0.29, 0.717) is 34.0 Å². The molecule has 144 valence electrons. The average molecular weight is 391 g/mol. The van der Waals surface area contributed by atoms with Crippen molar-refractivity contribution in [2.45, 2.75) is 33.7 Å². The number of ketones is 1. The molecule has 1 atom stereocenters. The number of amides is 1. The lowest BCUT2D eigenvalue weighted by molar-refractivity contribution is 0.0593. The van der Waals surface area contributed by atoms with Crippen molar-refractivity contribution in [1.82, 2.24) is 9.88 Å². The summed E-state index contributed by atoms with van der Waals surface area (Å²) in [6.45, 7) is 7.27. The highest BCUT2D eigenvalue weighted by molar-refractivity contribution is 6.30. The highest BCUT2D eigenvalue weighted by atomic mass is 35.5. The van der Waals surface area contributed by atoms with Crippen molar-refractivity contribution in [2.75, 3.05) is 13.7 Å². The van der Waals surface area contributed by atoms with Crippen LogP contribution >= 0.6 is 11.6 Å².